The molecule has 40 heavy (non-hydrogen) atoms. The number of pyridine rings is 2. The number of aromatic nitrogens is 3. The van der Waals surface area contributed by atoms with Crippen molar-refractivity contribution in [1.82, 2.24) is 20.3 Å². The van der Waals surface area contributed by atoms with Gasteiger partial charge in [-0.1, -0.05) is 89.8 Å². The van der Waals surface area contributed by atoms with Crippen molar-refractivity contribution < 1.29 is 14.3 Å². The molecule has 0 aliphatic carbocycles. The lowest BCUT2D eigenvalue weighted by Crippen LogP contribution is -2.40. The second kappa shape index (κ2) is 12.4. The number of aliphatic hydroxyl groups is 1. The Morgan fingerprint density at radius 1 is 0.950 bits per heavy atom. The number of nitrogens with one attached hydrogen (secondary N) is 2. The van der Waals surface area contributed by atoms with E-state index in [1.54, 1.807) is 24.5 Å². The summed E-state index contributed by atoms with van der Waals surface area (Å²) in [5.41, 5.74) is 1.99. The van der Waals surface area contributed by atoms with Crippen molar-refractivity contribution in [1.29, 1.82) is 0 Å². The smallest absolute Gasteiger partial charge is 0.273 e. The zero-order chi connectivity index (χ0) is 28.0. The second-order valence-electron chi connectivity index (χ2n) is 9.14. The lowest BCUT2D eigenvalue weighted by Gasteiger charge is -2.31. The summed E-state index contributed by atoms with van der Waals surface area (Å²) in [6.07, 6.45) is 4.64. The average molecular weight is 572 g/mol. The molecule has 3 aromatic heterocycles. The van der Waals surface area contributed by atoms with Crippen LogP contribution in [-0.4, -0.2) is 32.5 Å². The molecule has 0 saturated heterocycles. The van der Waals surface area contributed by atoms with E-state index in [0.29, 0.717) is 16.5 Å². The molecule has 5 aromatic rings. The molecule has 0 bridgehead atoms. The van der Waals surface area contributed by atoms with E-state index < -0.39 is 17.1 Å². The third-order valence-electron chi connectivity index (χ3n) is 6.43. The van der Waals surface area contributed by atoms with Gasteiger partial charge in [0.1, 0.15) is 5.82 Å². The van der Waals surface area contributed by atoms with Crippen LogP contribution in [0.4, 0.5) is 15.3 Å². The van der Waals surface area contributed by atoms with Crippen molar-refractivity contribution in [2.75, 3.05) is 11.9 Å². The maximum absolute atomic E-state index is 15.5. The van der Waals surface area contributed by atoms with Crippen LogP contribution < -0.4 is 10.6 Å². The van der Waals surface area contributed by atoms with Crippen LogP contribution in [0.1, 0.15) is 34.1 Å². The van der Waals surface area contributed by atoms with Gasteiger partial charge in [0.15, 0.2) is 16.6 Å². The summed E-state index contributed by atoms with van der Waals surface area (Å²) in [6, 6.07) is 24.9. The highest BCUT2D eigenvalue weighted by Crippen LogP contribution is 2.36. The summed E-state index contributed by atoms with van der Waals surface area (Å²) in [7, 11) is 0. The highest BCUT2D eigenvalue weighted by Gasteiger charge is 2.30. The predicted octanol–water partition coefficient (Wildman–Crippen LogP) is 6.20. The molecule has 3 N–H and O–H groups in total. The summed E-state index contributed by atoms with van der Waals surface area (Å²) in [5.74, 6) is -0.687. The highest BCUT2D eigenvalue weighted by atomic mass is 32.2. The predicted molar refractivity (Wildman–Crippen MR) is 156 cm³/mol. The van der Waals surface area contributed by atoms with Crippen LogP contribution >= 0.6 is 23.1 Å². The lowest BCUT2D eigenvalue weighted by molar-refractivity contribution is 0.0937. The van der Waals surface area contributed by atoms with Crippen molar-refractivity contribution in [2.24, 2.45) is 0 Å². The minimum absolute atomic E-state index is 0.0812. The number of hydrogen-bond acceptors (Lipinski definition) is 8. The van der Waals surface area contributed by atoms with Gasteiger partial charge in [-0.2, -0.15) is 0 Å². The largest absolute Gasteiger partial charge is 0.392 e. The fourth-order valence-electron chi connectivity index (χ4n) is 4.16. The number of benzene rings is 2. The van der Waals surface area contributed by atoms with Crippen molar-refractivity contribution in [3.63, 3.8) is 0 Å². The van der Waals surface area contributed by atoms with E-state index >= 15 is 4.39 Å². The van der Waals surface area contributed by atoms with Crippen molar-refractivity contribution in [3.05, 3.63) is 126 Å². The standard InChI is InChI=1S/C30H26FN5O2S2/c1-30(21-8-4-2-5-9-21,22-10-6-3-7-11-22)19-35-28(38)27-26(31)23(14-15-32-27)39-25-17-34-29(40-25)36-24-13-12-20(18-37)16-33-24/h2-17,37H,18-19H2,1H3,(H,35,38)(H,33,34,36). The second-order valence-corrected chi connectivity index (χ2v) is 11.5. The third-order valence-corrected chi connectivity index (χ3v) is 8.48. The molecule has 2 aromatic carbocycles. The first kappa shape index (κ1) is 27.4. The molecular weight excluding hydrogens is 545 g/mol. The molecule has 0 unspecified atom stereocenters. The van der Waals surface area contributed by atoms with Gasteiger partial charge in [-0.05, 0) is 35.7 Å². The number of thiazole rings is 1. The van der Waals surface area contributed by atoms with Crippen molar-refractivity contribution in [2.45, 2.75) is 28.1 Å². The van der Waals surface area contributed by atoms with E-state index in [2.05, 4.69) is 32.5 Å². The van der Waals surface area contributed by atoms with E-state index in [9.17, 15) is 4.79 Å². The van der Waals surface area contributed by atoms with Crippen LogP contribution in [0.3, 0.4) is 0 Å². The SMILES string of the molecule is CC(CNC(=O)c1nccc(Sc2cnc(Nc3ccc(CO)cn3)s2)c1F)(c1ccccc1)c1ccccc1. The number of amides is 1. The molecule has 202 valence electrons. The molecule has 10 heteroatoms. The minimum atomic E-state index is -0.685. The highest BCUT2D eigenvalue weighted by molar-refractivity contribution is 8.01. The normalized spacial score (nSPS) is 11.3. The van der Waals surface area contributed by atoms with Crippen LogP contribution in [0.15, 0.2) is 107 Å². The van der Waals surface area contributed by atoms with Crippen LogP contribution in [0.25, 0.3) is 0 Å². The number of anilines is 2. The fourth-order valence-corrected chi connectivity index (χ4v) is 6.03. The van der Waals surface area contributed by atoms with Gasteiger partial charge in [0.2, 0.25) is 0 Å². The molecule has 0 saturated carbocycles. The van der Waals surface area contributed by atoms with Crippen LogP contribution in [0.5, 0.6) is 0 Å². The summed E-state index contributed by atoms with van der Waals surface area (Å²) < 4.78 is 16.2. The van der Waals surface area contributed by atoms with E-state index in [1.165, 1.54) is 35.4 Å². The van der Waals surface area contributed by atoms with Gasteiger partial charge in [0, 0.05) is 24.4 Å². The van der Waals surface area contributed by atoms with Crippen LogP contribution in [-0.2, 0) is 12.0 Å². The van der Waals surface area contributed by atoms with Crippen LogP contribution in [0.2, 0.25) is 0 Å². The molecule has 7 nitrogen and oxygen atoms in total. The topological polar surface area (TPSA) is 100 Å². The van der Waals surface area contributed by atoms with Gasteiger partial charge in [-0.15, -0.1) is 0 Å². The Kier molecular flexibility index (Phi) is 8.49. The van der Waals surface area contributed by atoms with Gasteiger partial charge in [0.25, 0.3) is 5.91 Å². The Bertz CT molecular complexity index is 1540. The summed E-state index contributed by atoms with van der Waals surface area (Å²) in [5, 5.41) is 15.8. The van der Waals surface area contributed by atoms with Gasteiger partial charge < -0.3 is 15.7 Å². The lowest BCUT2D eigenvalue weighted by atomic mass is 9.76. The van der Waals surface area contributed by atoms with E-state index in [-0.39, 0.29) is 23.7 Å². The van der Waals surface area contributed by atoms with E-state index in [4.69, 9.17) is 5.11 Å². The molecule has 0 aliphatic heterocycles. The molecule has 3 heterocycles. The number of hydrogen-bond donors (Lipinski definition) is 3. The molecule has 0 aliphatic rings. The summed E-state index contributed by atoms with van der Waals surface area (Å²) in [6.45, 7) is 2.23. The number of halogens is 1. The zero-order valence-corrected chi connectivity index (χ0v) is 23.2. The fraction of sp³-hybridized carbons (Fsp3) is 0.133. The Labute approximate surface area is 239 Å². The Hall–Kier alpha value is -4.12. The molecule has 0 spiro atoms. The maximum atomic E-state index is 15.5. The van der Waals surface area contributed by atoms with Gasteiger partial charge in [-0.25, -0.2) is 19.3 Å². The molecule has 0 atom stereocenters. The number of aliphatic hydroxyl groups excluding tert-OH is 1. The average Bonchev–Trinajstić information content (AvgIpc) is 3.44. The Morgan fingerprint density at radius 2 is 1.65 bits per heavy atom. The van der Waals surface area contributed by atoms with Crippen LogP contribution in [0, 0.1) is 5.82 Å². The van der Waals surface area contributed by atoms with Gasteiger partial charge in [0.05, 0.1) is 21.9 Å². The third kappa shape index (κ3) is 6.20. The Balaban J connectivity index is 1.29. The van der Waals surface area contributed by atoms with Crippen molar-refractivity contribution in [3.8, 4) is 0 Å². The van der Waals surface area contributed by atoms with Gasteiger partial charge in [-0.3, -0.25) is 4.79 Å². The Morgan fingerprint density at radius 3 is 2.27 bits per heavy atom. The van der Waals surface area contributed by atoms with E-state index in [1.807, 2.05) is 60.7 Å². The number of rotatable bonds is 10. The quantitative estimate of drug-likeness (QED) is 0.184. The van der Waals surface area contributed by atoms with Crippen molar-refractivity contribution >= 4 is 40.0 Å². The first-order chi connectivity index (χ1) is 19.5. The maximum Gasteiger partial charge on any atom is 0.273 e. The molecule has 0 fully saturated rings. The molecule has 0 radical (unpaired) electrons. The summed E-state index contributed by atoms with van der Waals surface area (Å²) in [4.78, 5) is 26.1. The monoisotopic (exact) mass is 571 g/mol. The summed E-state index contributed by atoms with van der Waals surface area (Å²) >= 11 is 2.50. The molecule has 1 amide bonds. The van der Waals surface area contributed by atoms with E-state index in [0.717, 1.165) is 15.3 Å². The zero-order valence-electron chi connectivity index (χ0n) is 21.5. The number of carbonyl (C=O) groups is 1. The minimum Gasteiger partial charge on any atom is -0.392 e. The number of nitrogens with zero attached hydrogens (tertiary/aromatic N) is 3. The number of carbonyl (C=O) groups excluding carboxylic acids is 1. The van der Waals surface area contributed by atoms with Gasteiger partial charge >= 0.3 is 0 Å². The first-order valence-corrected chi connectivity index (χ1v) is 14.1. The molecular formula is C30H26FN5O2S2. The molecule has 5 rings (SSSR count). The first-order valence-electron chi connectivity index (χ1n) is 12.5.